The Morgan fingerprint density at radius 2 is 2.00 bits per heavy atom. The summed E-state index contributed by atoms with van der Waals surface area (Å²) in [4.78, 5) is 8.21. The quantitative estimate of drug-likeness (QED) is 0.848. The minimum Gasteiger partial charge on any atom is -0.351 e. The van der Waals surface area contributed by atoms with Crippen molar-refractivity contribution in [3.05, 3.63) is 10.6 Å². The molecule has 1 unspecified atom stereocenters. The van der Waals surface area contributed by atoms with Gasteiger partial charge >= 0.3 is 0 Å². The molecule has 3 nitrogen and oxygen atoms in total. The standard InChI is InChI=1S/C13H25N3S/c1-6-10(4)8-16(5)13-15-12(9(2)3)11(7-14)17-13/h9-10H,6-8,14H2,1-5H3. The Morgan fingerprint density at radius 3 is 2.41 bits per heavy atom. The van der Waals surface area contributed by atoms with E-state index in [4.69, 9.17) is 10.7 Å². The van der Waals surface area contributed by atoms with Crippen LogP contribution in [0.5, 0.6) is 0 Å². The fourth-order valence-electron chi connectivity index (χ4n) is 1.79. The second-order valence-electron chi connectivity index (χ2n) is 5.06. The summed E-state index contributed by atoms with van der Waals surface area (Å²) in [5.41, 5.74) is 6.95. The van der Waals surface area contributed by atoms with Gasteiger partial charge in [-0.25, -0.2) is 4.98 Å². The molecular formula is C13H25N3S. The van der Waals surface area contributed by atoms with Crippen molar-refractivity contribution in [3.8, 4) is 0 Å². The SMILES string of the molecule is CCC(C)CN(C)c1nc(C(C)C)c(CN)s1. The first kappa shape index (κ1) is 14.5. The van der Waals surface area contributed by atoms with Crippen LogP contribution in [0.1, 0.15) is 50.6 Å². The normalized spacial score (nSPS) is 13.1. The number of hydrogen-bond donors (Lipinski definition) is 1. The average Bonchev–Trinajstić information content (AvgIpc) is 2.72. The van der Waals surface area contributed by atoms with E-state index < -0.39 is 0 Å². The molecule has 0 spiro atoms. The molecule has 0 bridgehead atoms. The predicted octanol–water partition coefficient (Wildman–Crippen LogP) is 3.21. The number of thiazole rings is 1. The summed E-state index contributed by atoms with van der Waals surface area (Å²) in [5.74, 6) is 1.16. The lowest BCUT2D eigenvalue weighted by molar-refractivity contribution is 0.559. The summed E-state index contributed by atoms with van der Waals surface area (Å²) in [6.07, 6.45) is 1.20. The van der Waals surface area contributed by atoms with Crippen LogP contribution in [0.15, 0.2) is 0 Å². The Morgan fingerprint density at radius 1 is 1.35 bits per heavy atom. The Balaban J connectivity index is 2.84. The number of hydrogen-bond acceptors (Lipinski definition) is 4. The van der Waals surface area contributed by atoms with Gasteiger partial charge in [-0.15, -0.1) is 11.3 Å². The molecule has 0 aliphatic heterocycles. The van der Waals surface area contributed by atoms with Gasteiger partial charge in [0.15, 0.2) is 5.13 Å². The van der Waals surface area contributed by atoms with Crippen LogP contribution in [-0.4, -0.2) is 18.6 Å². The Bertz CT molecular complexity index is 346. The minimum atomic E-state index is 0.454. The molecule has 0 fully saturated rings. The van der Waals surface area contributed by atoms with E-state index >= 15 is 0 Å². The molecule has 0 aliphatic rings. The van der Waals surface area contributed by atoms with Gasteiger partial charge in [0.05, 0.1) is 5.69 Å². The molecule has 17 heavy (non-hydrogen) atoms. The van der Waals surface area contributed by atoms with E-state index in [2.05, 4.69) is 39.6 Å². The molecule has 1 atom stereocenters. The Kier molecular flexibility index (Phi) is 5.40. The largest absolute Gasteiger partial charge is 0.351 e. The molecule has 1 heterocycles. The van der Waals surface area contributed by atoms with Gasteiger partial charge in [-0.3, -0.25) is 0 Å². The molecular weight excluding hydrogens is 230 g/mol. The van der Waals surface area contributed by atoms with Crippen LogP contribution in [0.3, 0.4) is 0 Å². The Labute approximate surface area is 109 Å². The number of aromatic nitrogens is 1. The van der Waals surface area contributed by atoms with E-state index in [0.717, 1.165) is 11.7 Å². The molecule has 1 aromatic rings. The van der Waals surface area contributed by atoms with E-state index in [9.17, 15) is 0 Å². The van der Waals surface area contributed by atoms with Crippen LogP contribution in [0.2, 0.25) is 0 Å². The third-order valence-corrected chi connectivity index (χ3v) is 4.27. The molecule has 0 saturated heterocycles. The molecule has 0 amide bonds. The first-order valence-corrected chi connectivity index (χ1v) is 7.22. The fraction of sp³-hybridized carbons (Fsp3) is 0.769. The minimum absolute atomic E-state index is 0.454. The molecule has 0 aliphatic carbocycles. The van der Waals surface area contributed by atoms with E-state index in [1.165, 1.54) is 17.0 Å². The topological polar surface area (TPSA) is 42.2 Å². The van der Waals surface area contributed by atoms with Gasteiger partial charge < -0.3 is 10.6 Å². The highest BCUT2D eigenvalue weighted by Crippen LogP contribution is 2.30. The summed E-state index contributed by atoms with van der Waals surface area (Å²) in [5, 5.41) is 1.11. The predicted molar refractivity (Wildman–Crippen MR) is 76.8 cm³/mol. The number of rotatable bonds is 6. The monoisotopic (exact) mass is 255 g/mol. The second kappa shape index (κ2) is 6.36. The van der Waals surface area contributed by atoms with Gasteiger partial charge in [-0.1, -0.05) is 34.1 Å². The highest BCUT2D eigenvalue weighted by molar-refractivity contribution is 7.15. The van der Waals surface area contributed by atoms with Crippen LogP contribution < -0.4 is 10.6 Å². The van der Waals surface area contributed by atoms with Crippen molar-refractivity contribution in [3.63, 3.8) is 0 Å². The van der Waals surface area contributed by atoms with Crippen LogP contribution in [0.4, 0.5) is 5.13 Å². The van der Waals surface area contributed by atoms with Gasteiger partial charge in [-0.05, 0) is 11.8 Å². The van der Waals surface area contributed by atoms with Crippen molar-refractivity contribution < 1.29 is 0 Å². The highest BCUT2D eigenvalue weighted by atomic mass is 32.1. The third-order valence-electron chi connectivity index (χ3n) is 3.06. The van der Waals surface area contributed by atoms with Crippen LogP contribution in [0, 0.1) is 5.92 Å². The smallest absolute Gasteiger partial charge is 0.185 e. The maximum absolute atomic E-state index is 5.78. The summed E-state index contributed by atoms with van der Waals surface area (Å²) in [6, 6.07) is 0. The maximum Gasteiger partial charge on any atom is 0.185 e. The lowest BCUT2D eigenvalue weighted by Crippen LogP contribution is -2.23. The van der Waals surface area contributed by atoms with Crippen molar-refractivity contribution in [1.82, 2.24) is 4.98 Å². The third kappa shape index (κ3) is 3.68. The summed E-state index contributed by atoms with van der Waals surface area (Å²) < 4.78 is 0. The van der Waals surface area contributed by atoms with Crippen LogP contribution >= 0.6 is 11.3 Å². The van der Waals surface area contributed by atoms with E-state index in [-0.39, 0.29) is 0 Å². The van der Waals surface area contributed by atoms with Crippen LogP contribution in [0.25, 0.3) is 0 Å². The summed E-state index contributed by atoms with van der Waals surface area (Å²) >= 11 is 1.74. The van der Waals surface area contributed by atoms with Crippen LogP contribution in [-0.2, 0) is 6.54 Å². The van der Waals surface area contributed by atoms with Crippen molar-refractivity contribution >= 4 is 16.5 Å². The number of nitrogens with two attached hydrogens (primary N) is 1. The number of nitrogens with zero attached hydrogens (tertiary/aromatic N) is 2. The molecule has 98 valence electrons. The first-order chi connectivity index (χ1) is 7.99. The van der Waals surface area contributed by atoms with E-state index in [1.807, 2.05) is 0 Å². The molecule has 0 aromatic carbocycles. The van der Waals surface area contributed by atoms with Crippen molar-refractivity contribution in [2.75, 3.05) is 18.5 Å². The molecule has 4 heteroatoms. The zero-order chi connectivity index (χ0) is 13.0. The Hall–Kier alpha value is -0.610. The molecule has 2 N–H and O–H groups in total. The average molecular weight is 255 g/mol. The number of anilines is 1. The van der Waals surface area contributed by atoms with Crippen molar-refractivity contribution in [1.29, 1.82) is 0 Å². The lowest BCUT2D eigenvalue weighted by Gasteiger charge is -2.19. The molecule has 0 radical (unpaired) electrons. The molecule has 0 saturated carbocycles. The van der Waals surface area contributed by atoms with Crippen molar-refractivity contribution in [2.45, 2.75) is 46.6 Å². The fourth-order valence-corrected chi connectivity index (χ4v) is 2.85. The van der Waals surface area contributed by atoms with Crippen molar-refractivity contribution in [2.24, 2.45) is 11.7 Å². The maximum atomic E-state index is 5.78. The lowest BCUT2D eigenvalue weighted by atomic mass is 10.1. The second-order valence-corrected chi connectivity index (χ2v) is 6.12. The van der Waals surface area contributed by atoms with Gasteiger partial charge in [-0.2, -0.15) is 0 Å². The van der Waals surface area contributed by atoms with Gasteiger partial charge in [0.1, 0.15) is 0 Å². The van der Waals surface area contributed by atoms with E-state index in [1.54, 1.807) is 11.3 Å². The molecule has 1 rings (SSSR count). The zero-order valence-corrected chi connectivity index (χ0v) is 12.5. The highest BCUT2D eigenvalue weighted by Gasteiger charge is 2.16. The summed E-state index contributed by atoms with van der Waals surface area (Å²) in [7, 11) is 2.12. The summed E-state index contributed by atoms with van der Waals surface area (Å²) in [6.45, 7) is 10.5. The van der Waals surface area contributed by atoms with E-state index in [0.29, 0.717) is 18.4 Å². The zero-order valence-electron chi connectivity index (χ0n) is 11.7. The first-order valence-electron chi connectivity index (χ1n) is 6.40. The van der Waals surface area contributed by atoms with Gasteiger partial charge in [0, 0.05) is 25.0 Å². The van der Waals surface area contributed by atoms with Gasteiger partial charge in [0.2, 0.25) is 0 Å². The van der Waals surface area contributed by atoms with Gasteiger partial charge in [0.25, 0.3) is 0 Å². The molecule has 1 aromatic heterocycles.